The molecule has 3 aromatic rings. The molecule has 1 aliphatic carbocycles. The maximum absolute atomic E-state index is 14.4. The molecule has 4 atom stereocenters. The van der Waals surface area contributed by atoms with E-state index in [1.165, 1.54) is 0 Å². The molecule has 34 heavy (non-hydrogen) atoms. The lowest BCUT2D eigenvalue weighted by Gasteiger charge is -2.42. The second-order valence-electron chi connectivity index (χ2n) is 9.99. The quantitative estimate of drug-likeness (QED) is 0.486. The molecule has 2 bridgehead atoms. The van der Waals surface area contributed by atoms with Crippen molar-refractivity contribution >= 4 is 22.4 Å². The van der Waals surface area contributed by atoms with Gasteiger partial charge in [-0.2, -0.15) is 0 Å². The van der Waals surface area contributed by atoms with Gasteiger partial charge in [0.2, 0.25) is 0 Å². The topological polar surface area (TPSA) is 51.2 Å². The van der Waals surface area contributed by atoms with E-state index in [1.807, 2.05) is 50.2 Å². The van der Waals surface area contributed by atoms with E-state index in [-0.39, 0.29) is 11.6 Å². The predicted octanol–water partition coefficient (Wildman–Crippen LogP) is 5.37. The van der Waals surface area contributed by atoms with Crippen LogP contribution in [0.25, 0.3) is 0 Å². The standard InChI is InChI=1S/C30H26O3S/c1-29-23(17-19-11-5-3-6-12-19)24(18-20-13-7-4-8-14-20)30(2,34(29)33)26-25(29)27(31)21-15-9-10-16-22(21)28(26)32/h3-16,25-26H,17-18H2,1-2H3. The minimum absolute atomic E-state index is 0.0379. The van der Waals surface area contributed by atoms with Gasteiger partial charge in [0, 0.05) is 21.9 Å². The van der Waals surface area contributed by atoms with E-state index in [1.54, 1.807) is 24.3 Å². The fourth-order valence-electron chi connectivity index (χ4n) is 6.72. The Morgan fingerprint density at radius 1 is 0.618 bits per heavy atom. The van der Waals surface area contributed by atoms with Gasteiger partial charge >= 0.3 is 0 Å². The number of benzene rings is 3. The zero-order chi connectivity index (χ0) is 23.7. The first kappa shape index (κ1) is 21.4. The number of Topliss-reactive ketones (excluding diaryl/α,β-unsaturated/α-hetero) is 2. The molecular formula is C30H26O3S. The molecule has 1 saturated heterocycles. The summed E-state index contributed by atoms with van der Waals surface area (Å²) >= 11 is 0. The van der Waals surface area contributed by atoms with Crippen LogP contribution in [0.5, 0.6) is 0 Å². The molecule has 4 heteroatoms. The fraction of sp³-hybridized carbons (Fsp3) is 0.267. The maximum Gasteiger partial charge on any atom is 0.169 e. The van der Waals surface area contributed by atoms with Crippen molar-refractivity contribution in [3.05, 3.63) is 118 Å². The summed E-state index contributed by atoms with van der Waals surface area (Å²) in [6, 6.07) is 27.4. The van der Waals surface area contributed by atoms with E-state index < -0.39 is 32.1 Å². The second kappa shape index (κ2) is 7.44. The van der Waals surface area contributed by atoms with Crippen molar-refractivity contribution in [3.8, 4) is 0 Å². The Labute approximate surface area is 202 Å². The van der Waals surface area contributed by atoms with Crippen LogP contribution in [0.15, 0.2) is 96.1 Å². The summed E-state index contributed by atoms with van der Waals surface area (Å²) in [6.07, 6.45) is 1.26. The first-order chi connectivity index (χ1) is 16.4. The predicted molar refractivity (Wildman–Crippen MR) is 134 cm³/mol. The summed E-state index contributed by atoms with van der Waals surface area (Å²) in [5.74, 6) is -1.27. The van der Waals surface area contributed by atoms with Crippen LogP contribution in [0.4, 0.5) is 0 Å². The molecule has 170 valence electrons. The number of fused-ring (bicyclic) bond motifs is 6. The lowest BCUT2D eigenvalue weighted by molar-refractivity contribution is 0.0691. The van der Waals surface area contributed by atoms with Crippen molar-refractivity contribution in [2.45, 2.75) is 36.2 Å². The average Bonchev–Trinajstić information content (AvgIpc) is 3.14. The van der Waals surface area contributed by atoms with Crippen LogP contribution in [0, 0.1) is 11.8 Å². The van der Waals surface area contributed by atoms with Gasteiger partial charge in [-0.25, -0.2) is 0 Å². The Morgan fingerprint density at radius 3 is 1.35 bits per heavy atom. The molecule has 0 N–H and O–H groups in total. The van der Waals surface area contributed by atoms with Gasteiger partial charge in [0.15, 0.2) is 11.6 Å². The second-order valence-corrected chi connectivity index (χ2v) is 12.2. The van der Waals surface area contributed by atoms with Crippen LogP contribution in [0.2, 0.25) is 0 Å². The first-order valence-corrected chi connectivity index (χ1v) is 12.9. The van der Waals surface area contributed by atoms with Gasteiger partial charge in [-0.3, -0.25) is 13.8 Å². The van der Waals surface area contributed by atoms with E-state index in [9.17, 15) is 13.8 Å². The highest BCUT2D eigenvalue weighted by molar-refractivity contribution is 7.89. The summed E-state index contributed by atoms with van der Waals surface area (Å²) in [7, 11) is -1.41. The Balaban J connectivity index is 1.59. The number of rotatable bonds is 4. The van der Waals surface area contributed by atoms with E-state index in [2.05, 4.69) is 24.3 Å². The van der Waals surface area contributed by atoms with Gasteiger partial charge in [0.1, 0.15) is 0 Å². The van der Waals surface area contributed by atoms with Crippen molar-refractivity contribution in [2.24, 2.45) is 11.8 Å². The normalized spacial score (nSPS) is 31.5. The van der Waals surface area contributed by atoms with E-state index in [0.29, 0.717) is 24.0 Å². The van der Waals surface area contributed by atoms with Crippen LogP contribution >= 0.6 is 0 Å². The summed E-state index contributed by atoms with van der Waals surface area (Å²) in [4.78, 5) is 27.8. The van der Waals surface area contributed by atoms with Gasteiger partial charge in [-0.1, -0.05) is 84.9 Å². The van der Waals surface area contributed by atoms with Gasteiger partial charge < -0.3 is 0 Å². The Morgan fingerprint density at radius 2 is 0.971 bits per heavy atom. The van der Waals surface area contributed by atoms with Gasteiger partial charge in [-0.05, 0) is 49.0 Å². The van der Waals surface area contributed by atoms with Crippen molar-refractivity contribution in [3.63, 3.8) is 0 Å². The smallest absolute Gasteiger partial charge is 0.169 e. The molecule has 6 rings (SSSR count). The van der Waals surface area contributed by atoms with Gasteiger partial charge in [-0.15, -0.1) is 0 Å². The van der Waals surface area contributed by atoms with Crippen LogP contribution in [-0.2, 0) is 23.6 Å². The molecular weight excluding hydrogens is 440 g/mol. The number of carbonyl (C=O) groups excluding carboxylic acids is 2. The largest absolute Gasteiger partial charge is 0.294 e. The molecule has 3 nitrogen and oxygen atoms in total. The summed E-state index contributed by atoms with van der Waals surface area (Å²) in [5, 5.41) is 0. The summed E-state index contributed by atoms with van der Waals surface area (Å²) in [5.41, 5.74) is 5.36. The highest BCUT2D eigenvalue weighted by Crippen LogP contribution is 2.65. The molecule has 0 aromatic heterocycles. The summed E-state index contributed by atoms with van der Waals surface area (Å²) < 4.78 is 12.6. The van der Waals surface area contributed by atoms with E-state index in [0.717, 1.165) is 22.3 Å². The summed E-state index contributed by atoms with van der Waals surface area (Å²) in [6.45, 7) is 3.95. The SMILES string of the molecule is CC12C(Cc3ccccc3)=C(Cc3ccccc3)C(C)(C3C(=O)c4ccccc4C(=O)C31)S2=O. The van der Waals surface area contributed by atoms with Crippen molar-refractivity contribution in [1.29, 1.82) is 0 Å². The molecule has 0 radical (unpaired) electrons. The van der Waals surface area contributed by atoms with Crippen molar-refractivity contribution in [1.82, 2.24) is 0 Å². The Kier molecular flexibility index (Phi) is 4.69. The molecule has 2 heterocycles. The maximum atomic E-state index is 14.4. The fourth-order valence-corrected chi connectivity index (χ4v) is 9.39. The lowest BCUT2D eigenvalue weighted by atomic mass is 9.57. The monoisotopic (exact) mass is 466 g/mol. The molecule has 0 saturated carbocycles. The average molecular weight is 467 g/mol. The first-order valence-electron chi connectivity index (χ1n) is 11.8. The minimum Gasteiger partial charge on any atom is -0.294 e. The lowest BCUT2D eigenvalue weighted by Crippen LogP contribution is -2.51. The molecule has 4 unspecified atom stereocenters. The van der Waals surface area contributed by atoms with Crippen LogP contribution < -0.4 is 0 Å². The highest BCUT2D eigenvalue weighted by atomic mass is 32.2. The third-order valence-corrected chi connectivity index (χ3v) is 10.9. The Bertz CT molecular complexity index is 1290. The molecule has 3 aliphatic rings. The number of ketones is 2. The van der Waals surface area contributed by atoms with Crippen molar-refractivity contribution in [2.75, 3.05) is 0 Å². The molecule has 2 aliphatic heterocycles. The van der Waals surface area contributed by atoms with Crippen LogP contribution in [0.1, 0.15) is 45.7 Å². The van der Waals surface area contributed by atoms with E-state index >= 15 is 0 Å². The molecule has 3 aromatic carbocycles. The van der Waals surface area contributed by atoms with Crippen LogP contribution in [-0.4, -0.2) is 25.3 Å². The molecule has 0 amide bonds. The van der Waals surface area contributed by atoms with E-state index in [4.69, 9.17) is 0 Å². The number of hydrogen-bond acceptors (Lipinski definition) is 3. The van der Waals surface area contributed by atoms with Crippen LogP contribution in [0.3, 0.4) is 0 Å². The third kappa shape index (κ3) is 2.66. The molecule has 1 fully saturated rings. The van der Waals surface area contributed by atoms with Gasteiger partial charge in [0.25, 0.3) is 0 Å². The van der Waals surface area contributed by atoms with Crippen molar-refractivity contribution < 1.29 is 13.8 Å². The Hall–Kier alpha value is -3.11. The zero-order valence-electron chi connectivity index (χ0n) is 19.3. The molecule has 0 spiro atoms. The highest BCUT2D eigenvalue weighted by Gasteiger charge is 2.75. The number of carbonyl (C=O) groups is 2. The number of hydrogen-bond donors (Lipinski definition) is 0. The zero-order valence-corrected chi connectivity index (χ0v) is 20.1. The minimum atomic E-state index is -1.41. The van der Waals surface area contributed by atoms with Gasteiger partial charge in [0.05, 0.1) is 21.3 Å². The third-order valence-electron chi connectivity index (χ3n) is 8.32.